The van der Waals surface area contributed by atoms with Gasteiger partial charge < -0.3 is 4.74 Å². The molecule has 3 rings (SSSR count). The minimum Gasteiger partial charge on any atom is -0.497 e. The summed E-state index contributed by atoms with van der Waals surface area (Å²) in [6.45, 7) is 0. The quantitative estimate of drug-likeness (QED) is 0.695. The van der Waals surface area contributed by atoms with E-state index < -0.39 is 10.0 Å². The van der Waals surface area contributed by atoms with E-state index in [-0.39, 0.29) is 4.90 Å². The minimum absolute atomic E-state index is 0.188. The first-order valence-corrected chi connectivity index (χ1v) is 10.2. The van der Waals surface area contributed by atoms with Gasteiger partial charge in [-0.1, -0.05) is 11.8 Å². The van der Waals surface area contributed by atoms with E-state index in [1.54, 1.807) is 36.0 Å². The molecular weight excluding hydrogens is 352 g/mol. The highest BCUT2D eigenvalue weighted by molar-refractivity contribution is 8.00. The van der Waals surface area contributed by atoms with Crippen molar-refractivity contribution in [2.45, 2.75) is 9.24 Å². The second kappa shape index (κ2) is 6.38. The molecule has 1 aromatic heterocycles. The van der Waals surface area contributed by atoms with E-state index >= 15 is 0 Å². The lowest BCUT2D eigenvalue weighted by Gasteiger charge is -2.08. The highest BCUT2D eigenvalue weighted by Crippen LogP contribution is 2.30. The zero-order valence-electron chi connectivity index (χ0n) is 12.4. The number of fused-ring (bicyclic) bond motifs is 1. The highest BCUT2D eigenvalue weighted by Gasteiger charge is 2.15. The summed E-state index contributed by atoms with van der Waals surface area (Å²) in [7, 11) is -2.10. The van der Waals surface area contributed by atoms with Gasteiger partial charge in [0.05, 0.1) is 27.9 Å². The molecule has 5 nitrogen and oxygen atoms in total. The maximum atomic E-state index is 12.4. The Bertz CT molecular complexity index is 934. The van der Waals surface area contributed by atoms with E-state index in [4.69, 9.17) is 4.74 Å². The predicted molar refractivity (Wildman–Crippen MR) is 95.2 cm³/mol. The summed E-state index contributed by atoms with van der Waals surface area (Å²) in [5.41, 5.74) is 1.39. The number of sulfonamides is 1. The van der Waals surface area contributed by atoms with E-state index in [2.05, 4.69) is 9.71 Å². The van der Waals surface area contributed by atoms with Crippen LogP contribution < -0.4 is 9.46 Å². The molecule has 0 bridgehead atoms. The third-order valence-electron chi connectivity index (χ3n) is 3.17. The number of benzene rings is 2. The van der Waals surface area contributed by atoms with Gasteiger partial charge in [0, 0.05) is 0 Å². The zero-order valence-corrected chi connectivity index (χ0v) is 14.9. The number of hydrogen-bond donors (Lipinski definition) is 1. The van der Waals surface area contributed by atoms with E-state index in [9.17, 15) is 8.42 Å². The van der Waals surface area contributed by atoms with E-state index in [1.807, 2.05) is 12.3 Å². The molecule has 0 atom stereocenters. The largest absolute Gasteiger partial charge is 0.497 e. The Labute approximate surface area is 142 Å². The second-order valence-corrected chi connectivity index (χ2v) is 8.41. The first kappa shape index (κ1) is 16.1. The van der Waals surface area contributed by atoms with Gasteiger partial charge in [0.2, 0.25) is 0 Å². The average Bonchev–Trinajstić information content (AvgIpc) is 2.97. The van der Waals surface area contributed by atoms with Gasteiger partial charge in [0.25, 0.3) is 10.0 Å². The van der Waals surface area contributed by atoms with Gasteiger partial charge in [-0.3, -0.25) is 4.72 Å². The molecule has 0 aliphatic heterocycles. The molecule has 23 heavy (non-hydrogen) atoms. The van der Waals surface area contributed by atoms with Crippen LogP contribution in [0.4, 0.5) is 5.69 Å². The molecule has 0 saturated carbocycles. The maximum Gasteiger partial charge on any atom is 0.261 e. The van der Waals surface area contributed by atoms with Crippen molar-refractivity contribution in [3.8, 4) is 5.75 Å². The number of nitrogens with zero attached hydrogens (tertiary/aromatic N) is 1. The minimum atomic E-state index is -3.63. The fourth-order valence-corrected chi connectivity index (χ4v) is 4.60. The summed E-state index contributed by atoms with van der Waals surface area (Å²) in [6, 6.07) is 11.6. The third kappa shape index (κ3) is 3.44. The van der Waals surface area contributed by atoms with Crippen molar-refractivity contribution in [2.75, 3.05) is 18.1 Å². The molecule has 8 heteroatoms. The number of aromatic nitrogens is 1. The lowest BCUT2D eigenvalue weighted by atomic mass is 10.3. The summed E-state index contributed by atoms with van der Waals surface area (Å²) in [4.78, 5) is 4.62. The van der Waals surface area contributed by atoms with Crippen molar-refractivity contribution < 1.29 is 13.2 Å². The number of thiazole rings is 1. The van der Waals surface area contributed by atoms with Crippen molar-refractivity contribution in [2.24, 2.45) is 0 Å². The Kier molecular flexibility index (Phi) is 4.47. The van der Waals surface area contributed by atoms with Crippen LogP contribution in [0.15, 0.2) is 51.7 Å². The molecule has 3 aromatic rings. The molecule has 0 spiro atoms. The van der Waals surface area contributed by atoms with Gasteiger partial charge in [-0.05, 0) is 48.7 Å². The number of ether oxygens (including phenoxy) is 1. The number of rotatable bonds is 5. The molecule has 0 aliphatic rings. The predicted octanol–water partition coefficient (Wildman–Crippen LogP) is 3.83. The lowest BCUT2D eigenvalue weighted by Crippen LogP contribution is -2.12. The van der Waals surface area contributed by atoms with Gasteiger partial charge >= 0.3 is 0 Å². The first-order chi connectivity index (χ1) is 11.0. The van der Waals surface area contributed by atoms with Crippen LogP contribution in [-0.2, 0) is 10.0 Å². The van der Waals surface area contributed by atoms with Gasteiger partial charge in [-0.2, -0.15) is 0 Å². The summed E-state index contributed by atoms with van der Waals surface area (Å²) in [6.07, 6.45) is 1.96. The van der Waals surface area contributed by atoms with Crippen molar-refractivity contribution in [3.05, 3.63) is 42.5 Å². The lowest BCUT2D eigenvalue weighted by molar-refractivity contribution is 0.414. The van der Waals surface area contributed by atoms with E-state index in [1.165, 1.54) is 30.6 Å². The number of nitrogens with one attached hydrogen (secondary N) is 1. The van der Waals surface area contributed by atoms with Crippen LogP contribution in [0.5, 0.6) is 5.75 Å². The SMILES string of the molecule is COc1ccc(S(=O)(=O)Nc2ccc3nc(SC)sc3c2)cc1. The Hall–Kier alpha value is -1.77. The summed E-state index contributed by atoms with van der Waals surface area (Å²) < 4.78 is 34.4. The second-order valence-electron chi connectivity index (χ2n) is 4.65. The number of methoxy groups -OCH3 is 1. The third-order valence-corrected chi connectivity index (χ3v) is 6.57. The first-order valence-electron chi connectivity index (χ1n) is 6.63. The smallest absolute Gasteiger partial charge is 0.261 e. The average molecular weight is 366 g/mol. The number of hydrogen-bond acceptors (Lipinski definition) is 6. The summed E-state index contributed by atoms with van der Waals surface area (Å²) >= 11 is 3.11. The van der Waals surface area contributed by atoms with Crippen molar-refractivity contribution in [1.82, 2.24) is 4.98 Å². The summed E-state index contributed by atoms with van der Waals surface area (Å²) in [5.74, 6) is 0.611. The van der Waals surface area contributed by atoms with Crippen LogP contribution >= 0.6 is 23.1 Å². The fourth-order valence-electron chi connectivity index (χ4n) is 2.02. The van der Waals surface area contributed by atoms with Crippen molar-refractivity contribution >= 4 is 49.0 Å². The molecule has 1 N–H and O–H groups in total. The molecule has 120 valence electrons. The van der Waals surface area contributed by atoms with Gasteiger partial charge in [0.15, 0.2) is 4.34 Å². The molecule has 0 fully saturated rings. The van der Waals surface area contributed by atoms with Crippen molar-refractivity contribution in [1.29, 1.82) is 0 Å². The fraction of sp³-hybridized carbons (Fsp3) is 0.133. The maximum absolute atomic E-state index is 12.4. The van der Waals surface area contributed by atoms with Gasteiger partial charge in [-0.25, -0.2) is 13.4 Å². The zero-order chi connectivity index (χ0) is 16.4. The summed E-state index contributed by atoms with van der Waals surface area (Å²) in [5, 5.41) is 0. The molecule has 0 radical (unpaired) electrons. The molecule has 0 amide bonds. The Morgan fingerprint density at radius 1 is 1.17 bits per heavy atom. The van der Waals surface area contributed by atoms with E-state index in [0.717, 1.165) is 14.6 Å². The van der Waals surface area contributed by atoms with Crippen molar-refractivity contribution in [3.63, 3.8) is 0 Å². The van der Waals surface area contributed by atoms with Crippen LogP contribution in [0.2, 0.25) is 0 Å². The van der Waals surface area contributed by atoms with Crippen LogP contribution in [0.25, 0.3) is 10.2 Å². The van der Waals surface area contributed by atoms with Crippen LogP contribution in [0.1, 0.15) is 0 Å². The Balaban J connectivity index is 1.89. The molecule has 2 aromatic carbocycles. The van der Waals surface area contributed by atoms with Crippen LogP contribution in [-0.4, -0.2) is 26.8 Å². The molecule has 1 heterocycles. The highest BCUT2D eigenvalue weighted by atomic mass is 32.2. The molecule has 0 aliphatic carbocycles. The van der Waals surface area contributed by atoms with Crippen LogP contribution in [0.3, 0.4) is 0 Å². The Morgan fingerprint density at radius 3 is 2.57 bits per heavy atom. The van der Waals surface area contributed by atoms with Crippen LogP contribution in [0, 0.1) is 0 Å². The normalized spacial score (nSPS) is 11.6. The van der Waals surface area contributed by atoms with Gasteiger partial charge in [0.1, 0.15) is 5.75 Å². The molecule has 0 unspecified atom stereocenters. The number of thioether (sulfide) groups is 1. The van der Waals surface area contributed by atoms with E-state index in [0.29, 0.717) is 11.4 Å². The molecular formula is C15H14N2O3S3. The standard InChI is InChI=1S/C15H14N2O3S3/c1-20-11-4-6-12(7-5-11)23(18,19)17-10-3-8-13-14(9-10)22-15(16-13)21-2/h3-9,17H,1-2H3. The molecule has 0 saturated heterocycles. The van der Waals surface area contributed by atoms with Gasteiger partial charge in [-0.15, -0.1) is 11.3 Å². The number of anilines is 1. The monoisotopic (exact) mass is 366 g/mol. The topological polar surface area (TPSA) is 68.3 Å². The Morgan fingerprint density at radius 2 is 1.91 bits per heavy atom.